The van der Waals surface area contributed by atoms with Gasteiger partial charge in [-0.1, -0.05) is 19.1 Å². The number of rotatable bonds is 10. The van der Waals surface area contributed by atoms with Crippen LogP contribution in [0.5, 0.6) is 0 Å². The van der Waals surface area contributed by atoms with Gasteiger partial charge in [0.25, 0.3) is 0 Å². The highest BCUT2D eigenvalue weighted by molar-refractivity contribution is 5.02. The Kier molecular flexibility index (Phi) is 8.84. The summed E-state index contributed by atoms with van der Waals surface area (Å²) in [4.78, 5) is 2.00. The first kappa shape index (κ1) is 20.2. The second-order valence-electron chi connectivity index (χ2n) is 6.42. The van der Waals surface area contributed by atoms with Crippen LogP contribution in [0.4, 0.5) is 0 Å². The number of piperidine rings is 1. The average molecular weight is 325 g/mol. The fourth-order valence-corrected chi connectivity index (χ4v) is 3.43. The second kappa shape index (κ2) is 10.1. The van der Waals surface area contributed by atoms with Crippen LogP contribution in [-0.4, -0.2) is 58.7 Å². The fraction of sp³-hybridized carbons (Fsp3) is 0.778. The molecule has 0 amide bonds. The van der Waals surface area contributed by atoms with Gasteiger partial charge in [0.05, 0.1) is 0 Å². The summed E-state index contributed by atoms with van der Waals surface area (Å²) < 4.78 is 0. The molecule has 1 heterocycles. The summed E-state index contributed by atoms with van der Waals surface area (Å²) in [6.45, 7) is 12.3. The van der Waals surface area contributed by atoms with E-state index in [-0.39, 0.29) is 12.1 Å². The van der Waals surface area contributed by atoms with E-state index in [1.54, 1.807) is 6.08 Å². The molecule has 134 valence electrons. The molecule has 0 bridgehead atoms. The zero-order chi connectivity index (χ0) is 17.3. The van der Waals surface area contributed by atoms with E-state index in [4.69, 9.17) is 0 Å². The van der Waals surface area contributed by atoms with Gasteiger partial charge in [-0.3, -0.25) is 4.90 Å². The highest BCUT2D eigenvalue weighted by Crippen LogP contribution is 2.30. The lowest BCUT2D eigenvalue weighted by molar-refractivity contribution is -0.183. The van der Waals surface area contributed by atoms with Crippen LogP contribution in [0.1, 0.15) is 46.5 Å². The van der Waals surface area contributed by atoms with Gasteiger partial charge >= 0.3 is 0 Å². The maximum Gasteiger partial charge on any atom is 0.138 e. The van der Waals surface area contributed by atoms with Gasteiger partial charge in [-0.2, -0.15) is 0 Å². The third kappa shape index (κ3) is 5.31. The van der Waals surface area contributed by atoms with Crippen LogP contribution in [0.15, 0.2) is 24.9 Å². The molecule has 4 atom stereocenters. The Morgan fingerprint density at radius 3 is 2.87 bits per heavy atom. The number of likely N-dealkylation sites (N-methyl/N-ethyl adjacent to an activating group) is 1. The maximum absolute atomic E-state index is 11.2. The predicted octanol–water partition coefficient (Wildman–Crippen LogP) is 1.59. The minimum atomic E-state index is -1.13. The van der Waals surface area contributed by atoms with Gasteiger partial charge in [-0.15, -0.1) is 6.58 Å². The van der Waals surface area contributed by atoms with E-state index in [9.17, 15) is 10.2 Å². The number of hydrogen-bond acceptors (Lipinski definition) is 5. The van der Waals surface area contributed by atoms with Crippen LogP contribution in [0.3, 0.4) is 0 Å². The molecule has 1 aliphatic rings. The molecule has 0 aromatic carbocycles. The largest absolute Gasteiger partial charge is 0.391 e. The Morgan fingerprint density at radius 1 is 1.52 bits per heavy atom. The van der Waals surface area contributed by atoms with Crippen molar-refractivity contribution in [2.75, 3.05) is 19.6 Å². The number of nitrogens with one attached hydrogen (secondary N) is 2. The van der Waals surface area contributed by atoms with E-state index >= 15 is 0 Å². The minimum Gasteiger partial charge on any atom is -0.391 e. The van der Waals surface area contributed by atoms with Crippen molar-refractivity contribution in [2.24, 2.45) is 0 Å². The first-order valence-electron chi connectivity index (χ1n) is 8.86. The summed E-state index contributed by atoms with van der Waals surface area (Å²) >= 11 is 0. The second-order valence-corrected chi connectivity index (χ2v) is 6.42. The molecule has 1 fully saturated rings. The number of nitrogens with zero attached hydrogens (tertiary/aromatic N) is 1. The molecule has 0 aromatic rings. The molecule has 0 radical (unpaired) electrons. The first-order chi connectivity index (χ1) is 11.0. The summed E-state index contributed by atoms with van der Waals surface area (Å²) in [5.74, 6) is 0. The van der Waals surface area contributed by atoms with E-state index in [0.717, 1.165) is 25.9 Å². The summed E-state index contributed by atoms with van der Waals surface area (Å²) in [6, 6.07) is 0.0363. The van der Waals surface area contributed by atoms with Gasteiger partial charge in [0, 0.05) is 18.6 Å². The van der Waals surface area contributed by atoms with E-state index in [2.05, 4.69) is 24.1 Å². The lowest BCUT2D eigenvalue weighted by Crippen LogP contribution is -2.66. The van der Waals surface area contributed by atoms with Crippen LogP contribution >= 0.6 is 0 Å². The van der Waals surface area contributed by atoms with E-state index in [0.29, 0.717) is 19.4 Å². The third-order valence-electron chi connectivity index (χ3n) is 4.83. The van der Waals surface area contributed by atoms with Gasteiger partial charge in [0.2, 0.25) is 0 Å². The van der Waals surface area contributed by atoms with E-state index in [1.807, 2.05) is 31.0 Å². The highest BCUT2D eigenvalue weighted by Gasteiger charge is 2.47. The fourth-order valence-electron chi connectivity index (χ4n) is 3.43. The molecule has 1 rings (SSSR count). The van der Waals surface area contributed by atoms with Crippen molar-refractivity contribution in [1.82, 2.24) is 15.5 Å². The molecule has 1 aliphatic heterocycles. The van der Waals surface area contributed by atoms with Crippen molar-refractivity contribution in [3.63, 3.8) is 0 Å². The number of allylic oxidation sites excluding steroid dienone is 1. The quantitative estimate of drug-likeness (QED) is 0.279. The minimum absolute atomic E-state index is 0.147. The first-order valence-corrected chi connectivity index (χ1v) is 8.86. The Morgan fingerprint density at radius 2 is 2.26 bits per heavy atom. The Bertz CT molecular complexity index is 375. The molecule has 1 unspecified atom stereocenters. The molecular weight excluding hydrogens is 290 g/mol. The normalized spacial score (nSPS) is 28.0. The van der Waals surface area contributed by atoms with Crippen LogP contribution < -0.4 is 10.6 Å². The molecule has 0 aromatic heterocycles. The van der Waals surface area contributed by atoms with Crippen molar-refractivity contribution in [3.8, 4) is 0 Å². The van der Waals surface area contributed by atoms with Gasteiger partial charge in [-0.05, 0) is 58.8 Å². The summed E-state index contributed by atoms with van der Waals surface area (Å²) in [5, 5.41) is 28.7. The van der Waals surface area contributed by atoms with Gasteiger partial charge < -0.3 is 20.8 Å². The van der Waals surface area contributed by atoms with Crippen molar-refractivity contribution in [2.45, 2.75) is 70.4 Å². The molecule has 0 saturated carbocycles. The number of aliphatic hydroxyl groups excluding tert-OH is 1. The smallest absolute Gasteiger partial charge is 0.138 e. The average Bonchev–Trinajstić information content (AvgIpc) is 2.54. The van der Waals surface area contributed by atoms with Crippen molar-refractivity contribution < 1.29 is 10.2 Å². The Balaban J connectivity index is 2.75. The van der Waals surface area contributed by atoms with Crippen LogP contribution in [-0.2, 0) is 0 Å². The third-order valence-corrected chi connectivity index (χ3v) is 4.83. The zero-order valence-electron chi connectivity index (χ0n) is 15.0. The number of aliphatic hydroxyl groups is 2. The predicted molar refractivity (Wildman–Crippen MR) is 96.1 cm³/mol. The van der Waals surface area contributed by atoms with Crippen molar-refractivity contribution in [1.29, 1.82) is 0 Å². The molecule has 4 N–H and O–H groups in total. The van der Waals surface area contributed by atoms with Crippen LogP contribution in [0, 0.1) is 0 Å². The Hall–Kier alpha value is -0.880. The van der Waals surface area contributed by atoms with Crippen molar-refractivity contribution >= 4 is 0 Å². The number of hydrogen-bond donors (Lipinski definition) is 4. The molecule has 0 aliphatic carbocycles. The standard InChI is InChI=1S/C18H35N3O2/c1-5-9-16-18(23,11-8-13-20-16)17(22)21(7-3)15(4)10-14-19-12-6-2/h5-6,12,15-17,19-20,22-23H,1,7-11,13-14H2,2-4H3/b12-6+/t15-,16+,17-,18?/m1/s1. The molecule has 0 spiro atoms. The molecule has 23 heavy (non-hydrogen) atoms. The molecule has 5 heteroatoms. The molecule has 5 nitrogen and oxygen atoms in total. The topological polar surface area (TPSA) is 67.8 Å². The molecule has 1 saturated heterocycles. The highest BCUT2D eigenvalue weighted by atomic mass is 16.4. The monoisotopic (exact) mass is 325 g/mol. The lowest BCUT2D eigenvalue weighted by atomic mass is 9.81. The zero-order valence-corrected chi connectivity index (χ0v) is 15.0. The SMILES string of the molecule is C=CC[C@@H]1NCCCC1(O)[C@@H](O)N(CC)[C@H](C)CCN/C=C/C. The van der Waals surface area contributed by atoms with E-state index < -0.39 is 11.8 Å². The summed E-state index contributed by atoms with van der Waals surface area (Å²) in [5.41, 5.74) is -1.13. The van der Waals surface area contributed by atoms with Gasteiger partial charge in [0.15, 0.2) is 0 Å². The van der Waals surface area contributed by atoms with Gasteiger partial charge in [0.1, 0.15) is 11.8 Å². The summed E-state index contributed by atoms with van der Waals surface area (Å²) in [6.07, 6.45) is 7.87. The van der Waals surface area contributed by atoms with Crippen LogP contribution in [0.2, 0.25) is 0 Å². The van der Waals surface area contributed by atoms with Crippen LogP contribution in [0.25, 0.3) is 0 Å². The van der Waals surface area contributed by atoms with Gasteiger partial charge in [-0.25, -0.2) is 0 Å². The maximum atomic E-state index is 11.2. The van der Waals surface area contributed by atoms with Crippen molar-refractivity contribution in [3.05, 3.63) is 24.9 Å². The molecular formula is C18H35N3O2. The lowest BCUT2D eigenvalue weighted by Gasteiger charge is -2.48. The summed E-state index contributed by atoms with van der Waals surface area (Å²) in [7, 11) is 0. The Labute approximate surface area is 141 Å². The van der Waals surface area contributed by atoms with E-state index in [1.165, 1.54) is 0 Å².